The topological polar surface area (TPSA) is 29.5 Å². The Morgan fingerprint density at radius 3 is 2.58 bits per heavy atom. The minimum absolute atomic E-state index is 0.0310. The molecule has 0 radical (unpaired) electrons. The fourth-order valence-corrected chi connectivity index (χ4v) is 3.02. The summed E-state index contributed by atoms with van der Waals surface area (Å²) in [5, 5.41) is 0.694. The molecule has 0 N–H and O–H groups in total. The van der Waals surface area contributed by atoms with E-state index in [1.54, 1.807) is 17.5 Å². The lowest BCUT2D eigenvalue weighted by molar-refractivity contribution is -0.116. The summed E-state index contributed by atoms with van der Waals surface area (Å²) in [5.41, 5.74) is 5.16. The molecule has 0 spiro atoms. The maximum atomic E-state index is 11.0. The molecule has 0 heterocycles. The van der Waals surface area contributed by atoms with Crippen LogP contribution in [0.4, 0.5) is 0 Å². The molecule has 0 aromatic heterocycles. The average molecular weight is 392 g/mol. The molecule has 2 rings (SSSR count). The van der Waals surface area contributed by atoms with Crippen LogP contribution < -0.4 is 0 Å². The summed E-state index contributed by atoms with van der Waals surface area (Å²) in [7, 11) is 1.66. The van der Waals surface area contributed by atoms with Crippen molar-refractivity contribution in [2.24, 2.45) is 0 Å². The third-order valence-corrected chi connectivity index (χ3v) is 5.48. The molecule has 26 heavy (non-hydrogen) atoms. The molecular formula is C21H26ClNO2S. The largest absolute Gasteiger partial charge is 0.380 e. The van der Waals surface area contributed by atoms with Crippen LogP contribution in [0.2, 0.25) is 0 Å². The molecule has 0 saturated carbocycles. The molecule has 0 saturated heterocycles. The van der Waals surface area contributed by atoms with E-state index in [0.29, 0.717) is 5.03 Å². The van der Waals surface area contributed by atoms with Gasteiger partial charge in [0.2, 0.25) is 6.41 Å². The predicted octanol–water partition coefficient (Wildman–Crippen LogP) is 5.50. The van der Waals surface area contributed by atoms with Crippen LogP contribution in [0.25, 0.3) is 0 Å². The molecule has 140 valence electrons. The number of methoxy groups -OCH3 is 1. The Labute approximate surface area is 166 Å². The van der Waals surface area contributed by atoms with Gasteiger partial charge in [-0.2, -0.15) is 0 Å². The van der Waals surface area contributed by atoms with Crippen LogP contribution in [0, 0.1) is 0 Å². The maximum absolute atomic E-state index is 11.0. The first-order valence-corrected chi connectivity index (χ1v) is 9.71. The van der Waals surface area contributed by atoms with Crippen molar-refractivity contribution < 1.29 is 9.53 Å². The third kappa shape index (κ3) is 8.11. The first-order valence-electron chi connectivity index (χ1n) is 8.39. The van der Waals surface area contributed by atoms with E-state index in [1.165, 1.54) is 17.5 Å². The summed E-state index contributed by atoms with van der Waals surface area (Å²) in [6.45, 7) is 5.91. The van der Waals surface area contributed by atoms with Gasteiger partial charge in [-0.15, -0.1) is 5.73 Å². The van der Waals surface area contributed by atoms with E-state index in [4.69, 9.17) is 16.3 Å². The van der Waals surface area contributed by atoms with Crippen LogP contribution in [0.1, 0.15) is 26.3 Å². The van der Waals surface area contributed by atoms with Gasteiger partial charge < -0.3 is 4.74 Å². The number of carbonyl (C=O) groups is 1. The Morgan fingerprint density at radius 2 is 1.96 bits per heavy atom. The van der Waals surface area contributed by atoms with E-state index >= 15 is 0 Å². The van der Waals surface area contributed by atoms with Crippen LogP contribution in [0.3, 0.4) is 0 Å². The number of allylic oxidation sites excluding steroid dienone is 5. The van der Waals surface area contributed by atoms with Gasteiger partial charge in [-0.3, -0.25) is 9.10 Å². The monoisotopic (exact) mass is 391 g/mol. The van der Waals surface area contributed by atoms with Crippen LogP contribution in [-0.2, 0) is 15.3 Å². The molecule has 1 aliphatic carbocycles. The molecule has 1 amide bonds. The van der Waals surface area contributed by atoms with Crippen molar-refractivity contribution in [3.8, 4) is 0 Å². The van der Waals surface area contributed by atoms with E-state index in [1.807, 2.05) is 57.2 Å². The Bertz CT molecular complexity index is 679. The zero-order chi connectivity index (χ0) is 19.4. The molecule has 1 aliphatic rings. The van der Waals surface area contributed by atoms with Crippen molar-refractivity contribution in [3.05, 3.63) is 76.5 Å². The van der Waals surface area contributed by atoms with E-state index in [0.717, 1.165) is 17.7 Å². The fourth-order valence-electron chi connectivity index (χ4n) is 1.93. The number of carbonyl (C=O) groups excluding carboxylic acids is 1. The van der Waals surface area contributed by atoms with Crippen molar-refractivity contribution in [1.29, 1.82) is 0 Å². The van der Waals surface area contributed by atoms with Gasteiger partial charge in [0.1, 0.15) is 0 Å². The van der Waals surface area contributed by atoms with Gasteiger partial charge >= 0.3 is 0 Å². The van der Waals surface area contributed by atoms with Gasteiger partial charge in [0.25, 0.3) is 0 Å². The number of halogens is 1. The minimum Gasteiger partial charge on any atom is -0.380 e. The summed E-state index contributed by atoms with van der Waals surface area (Å²) < 4.78 is 6.94. The Balaban J connectivity index is 0.000000314. The second-order valence-electron chi connectivity index (χ2n) is 5.77. The van der Waals surface area contributed by atoms with E-state index in [-0.39, 0.29) is 12.1 Å². The van der Waals surface area contributed by atoms with Gasteiger partial charge in [0.05, 0.1) is 17.2 Å². The number of ether oxygens (including phenoxy) is 1. The molecule has 1 aromatic carbocycles. The molecule has 0 aliphatic heterocycles. The standard InChI is InChI=1S/C13H19NO2S.C8H7Cl/c1-11(12(2)16-3)14(10-15)17-9-13-7-5-4-6-8-13;1-7-5-3-2-4-6-8(7)9/h4-8,10-12H,9H2,1-3H3;2-5H,1H3. The van der Waals surface area contributed by atoms with Crippen LogP contribution in [0.15, 0.2) is 71.0 Å². The molecule has 2 atom stereocenters. The second kappa shape index (κ2) is 12.6. The van der Waals surface area contributed by atoms with Crippen LogP contribution in [0.5, 0.6) is 0 Å². The van der Waals surface area contributed by atoms with Gasteiger partial charge in [0, 0.05) is 12.9 Å². The molecule has 2 unspecified atom stereocenters. The molecule has 5 heteroatoms. The van der Waals surface area contributed by atoms with Crippen molar-refractivity contribution in [2.45, 2.75) is 38.7 Å². The second-order valence-corrected chi connectivity index (χ2v) is 7.11. The summed E-state index contributed by atoms with van der Waals surface area (Å²) >= 11 is 7.25. The Morgan fingerprint density at radius 1 is 1.27 bits per heavy atom. The lowest BCUT2D eigenvalue weighted by Gasteiger charge is -2.27. The Hall–Kier alpha value is -1.71. The first-order chi connectivity index (χ1) is 12.5. The van der Waals surface area contributed by atoms with Crippen molar-refractivity contribution in [1.82, 2.24) is 4.31 Å². The fraction of sp³-hybridized carbons (Fsp3) is 0.333. The number of nitrogens with zero attached hydrogens (tertiary/aromatic N) is 1. The van der Waals surface area contributed by atoms with Gasteiger partial charge in [0.15, 0.2) is 0 Å². The molecule has 0 fully saturated rings. The highest BCUT2D eigenvalue weighted by Crippen LogP contribution is 2.20. The van der Waals surface area contributed by atoms with Crippen LogP contribution in [-0.4, -0.2) is 30.0 Å². The number of benzene rings is 1. The highest BCUT2D eigenvalue weighted by molar-refractivity contribution is 7.96. The summed E-state index contributed by atoms with van der Waals surface area (Å²) in [4.78, 5) is 11.0. The predicted molar refractivity (Wildman–Crippen MR) is 112 cm³/mol. The Kier molecular flexibility index (Phi) is 10.8. The van der Waals surface area contributed by atoms with Gasteiger partial charge in [-0.25, -0.2) is 0 Å². The minimum atomic E-state index is 0.0310. The van der Waals surface area contributed by atoms with Gasteiger partial charge in [-0.1, -0.05) is 60.2 Å². The van der Waals surface area contributed by atoms with Crippen molar-refractivity contribution >= 4 is 30.0 Å². The summed E-state index contributed by atoms with van der Waals surface area (Å²) in [6, 6.07) is 10.2. The molecule has 0 bridgehead atoms. The highest BCUT2D eigenvalue weighted by atomic mass is 35.5. The van der Waals surface area contributed by atoms with Gasteiger partial charge in [-0.05, 0) is 49.9 Å². The smallest absolute Gasteiger partial charge is 0.219 e. The third-order valence-electron chi connectivity index (χ3n) is 3.89. The number of amides is 1. The lowest BCUT2D eigenvalue weighted by atomic mass is 10.2. The summed E-state index contributed by atoms with van der Waals surface area (Å²) in [5.74, 6) is 0.792. The molecule has 1 aromatic rings. The number of hydrogen-bond donors (Lipinski definition) is 0. The zero-order valence-electron chi connectivity index (χ0n) is 15.7. The lowest BCUT2D eigenvalue weighted by Crippen LogP contribution is -2.35. The van der Waals surface area contributed by atoms with Crippen LogP contribution >= 0.6 is 23.5 Å². The maximum Gasteiger partial charge on any atom is 0.219 e. The summed E-state index contributed by atoms with van der Waals surface area (Å²) in [6.07, 6.45) is 8.50. The van der Waals surface area contributed by atoms with Crippen molar-refractivity contribution in [3.63, 3.8) is 0 Å². The van der Waals surface area contributed by atoms with E-state index < -0.39 is 0 Å². The highest BCUT2D eigenvalue weighted by Gasteiger charge is 2.18. The van der Waals surface area contributed by atoms with E-state index in [2.05, 4.69) is 17.9 Å². The average Bonchev–Trinajstić information content (AvgIpc) is 2.86. The van der Waals surface area contributed by atoms with Crippen molar-refractivity contribution in [2.75, 3.05) is 7.11 Å². The first kappa shape index (κ1) is 22.3. The zero-order valence-corrected chi connectivity index (χ0v) is 17.3. The molecule has 3 nitrogen and oxygen atoms in total. The SMILES string of the molecule is CC1=CC=CC=C=C1Cl.COC(C)C(C)N(C=O)SCc1ccccc1. The normalized spacial score (nSPS) is 15.0. The quantitative estimate of drug-likeness (QED) is 0.349. The number of rotatable bonds is 7. The molecular weight excluding hydrogens is 366 g/mol. The number of hydrogen-bond acceptors (Lipinski definition) is 3. The van der Waals surface area contributed by atoms with E-state index in [9.17, 15) is 4.79 Å².